The van der Waals surface area contributed by atoms with E-state index in [2.05, 4.69) is 16.6 Å². The van der Waals surface area contributed by atoms with Crippen molar-refractivity contribution in [1.29, 1.82) is 0 Å². The molecule has 0 spiro atoms. The first-order valence-electron chi connectivity index (χ1n) is 4.72. The van der Waals surface area contributed by atoms with E-state index in [-0.39, 0.29) is 27.9 Å². The average Bonchev–Trinajstić information content (AvgIpc) is 2.30. The Morgan fingerprint density at radius 1 is 1.39 bits per heavy atom. The molecule has 0 aliphatic carbocycles. The van der Waals surface area contributed by atoms with Gasteiger partial charge in [0.1, 0.15) is 6.61 Å². The van der Waals surface area contributed by atoms with E-state index in [4.69, 9.17) is 28.3 Å². The molecule has 96 valence electrons. The highest BCUT2D eigenvalue weighted by molar-refractivity contribution is 6.42. The first-order valence-corrected chi connectivity index (χ1v) is 5.48. The molecule has 5 nitrogen and oxygen atoms in total. The minimum atomic E-state index is -1.24. The number of nitrogens with one attached hydrogen (secondary N) is 1. The van der Waals surface area contributed by atoms with Crippen LogP contribution in [0.1, 0.15) is 10.4 Å². The summed E-state index contributed by atoms with van der Waals surface area (Å²) in [5.41, 5.74) is -0.175. The van der Waals surface area contributed by atoms with Gasteiger partial charge in [0.05, 0.1) is 21.3 Å². The zero-order valence-corrected chi connectivity index (χ0v) is 10.6. The third-order valence-electron chi connectivity index (χ3n) is 1.86. The highest BCUT2D eigenvalue weighted by atomic mass is 35.5. The fraction of sp³-hybridized carbons (Fsp3) is 0.0909. The van der Waals surface area contributed by atoms with Crippen LogP contribution in [0.5, 0.6) is 0 Å². The minimum Gasteiger partial charge on any atom is -0.478 e. The lowest BCUT2D eigenvalue weighted by atomic mass is 10.2. The van der Waals surface area contributed by atoms with Gasteiger partial charge in [-0.1, -0.05) is 35.9 Å². The molecule has 1 amide bonds. The number of amides is 1. The number of aromatic carboxylic acids is 1. The smallest absolute Gasteiger partial charge is 0.411 e. The summed E-state index contributed by atoms with van der Waals surface area (Å²) in [6.07, 6.45) is 0.572. The summed E-state index contributed by atoms with van der Waals surface area (Å²) >= 11 is 11.4. The van der Waals surface area contributed by atoms with Crippen LogP contribution in [-0.2, 0) is 4.74 Å². The Morgan fingerprint density at radius 2 is 2.00 bits per heavy atom. The molecule has 2 N–H and O–H groups in total. The number of benzene rings is 1. The minimum absolute atomic E-state index is 0.00552. The predicted octanol–water partition coefficient (Wildman–Crippen LogP) is 3.43. The normalized spacial score (nSPS) is 9.67. The zero-order valence-electron chi connectivity index (χ0n) is 9.07. The van der Waals surface area contributed by atoms with Crippen molar-refractivity contribution in [2.24, 2.45) is 0 Å². The van der Waals surface area contributed by atoms with Crippen molar-refractivity contribution in [3.8, 4) is 0 Å². The topological polar surface area (TPSA) is 75.6 Å². The van der Waals surface area contributed by atoms with Crippen molar-refractivity contribution >= 4 is 41.0 Å². The SMILES string of the molecule is C=CCOC(=O)Nc1cc(Cl)c(Cl)cc1C(=O)O. The standard InChI is InChI=1S/C11H9Cl2NO4/c1-2-3-18-11(17)14-9-5-8(13)7(12)4-6(9)10(15)16/h2,4-5H,1,3H2,(H,14,17)(H,15,16). The van der Waals surface area contributed by atoms with Gasteiger partial charge in [-0.25, -0.2) is 9.59 Å². The quantitative estimate of drug-likeness (QED) is 0.833. The van der Waals surface area contributed by atoms with Gasteiger partial charge in [-0.2, -0.15) is 0 Å². The lowest BCUT2D eigenvalue weighted by Crippen LogP contribution is -2.16. The third kappa shape index (κ3) is 3.65. The van der Waals surface area contributed by atoms with Crippen LogP contribution in [0.25, 0.3) is 0 Å². The van der Waals surface area contributed by atoms with Crippen molar-refractivity contribution in [2.75, 3.05) is 11.9 Å². The number of anilines is 1. The fourth-order valence-electron chi connectivity index (χ4n) is 1.11. The van der Waals surface area contributed by atoms with E-state index in [1.165, 1.54) is 12.1 Å². The molecule has 0 atom stereocenters. The largest absolute Gasteiger partial charge is 0.478 e. The molecule has 0 fully saturated rings. The maximum Gasteiger partial charge on any atom is 0.411 e. The highest BCUT2D eigenvalue weighted by Crippen LogP contribution is 2.29. The second-order valence-corrected chi connectivity index (χ2v) is 3.94. The summed E-state index contributed by atoms with van der Waals surface area (Å²) in [4.78, 5) is 22.3. The summed E-state index contributed by atoms with van der Waals surface area (Å²) in [5.74, 6) is -1.24. The molecule has 1 aromatic rings. The zero-order chi connectivity index (χ0) is 13.7. The molecule has 0 aromatic heterocycles. The van der Waals surface area contributed by atoms with Gasteiger partial charge >= 0.3 is 12.1 Å². The number of ether oxygens (including phenoxy) is 1. The molecule has 1 rings (SSSR count). The number of carbonyl (C=O) groups is 2. The van der Waals surface area contributed by atoms with E-state index in [0.29, 0.717) is 0 Å². The number of hydrogen-bond donors (Lipinski definition) is 2. The molecule has 18 heavy (non-hydrogen) atoms. The van der Waals surface area contributed by atoms with Crippen LogP contribution in [0, 0.1) is 0 Å². The number of hydrogen-bond acceptors (Lipinski definition) is 3. The van der Waals surface area contributed by atoms with Gasteiger partial charge in [0.15, 0.2) is 0 Å². The molecule has 0 aliphatic rings. The van der Waals surface area contributed by atoms with Crippen LogP contribution in [0.2, 0.25) is 10.0 Å². The molecule has 0 saturated carbocycles. The van der Waals surface area contributed by atoms with Crippen LogP contribution in [0.15, 0.2) is 24.8 Å². The average molecular weight is 290 g/mol. The fourth-order valence-corrected chi connectivity index (χ4v) is 1.44. The molecule has 0 unspecified atom stereocenters. The Labute approximate surface area is 113 Å². The van der Waals surface area contributed by atoms with Crippen LogP contribution >= 0.6 is 23.2 Å². The Morgan fingerprint density at radius 3 is 2.56 bits per heavy atom. The molecule has 0 radical (unpaired) electrons. The van der Waals surface area contributed by atoms with Gasteiger partial charge in [0.25, 0.3) is 0 Å². The second-order valence-electron chi connectivity index (χ2n) is 3.13. The molecule has 1 aromatic carbocycles. The molecule has 0 saturated heterocycles. The maximum atomic E-state index is 11.3. The van der Waals surface area contributed by atoms with Gasteiger partial charge in [-0.3, -0.25) is 5.32 Å². The van der Waals surface area contributed by atoms with E-state index in [9.17, 15) is 9.59 Å². The maximum absolute atomic E-state index is 11.3. The monoisotopic (exact) mass is 289 g/mol. The van der Waals surface area contributed by atoms with Crippen molar-refractivity contribution in [3.05, 3.63) is 40.4 Å². The number of halogens is 2. The number of carboxylic acids is 1. The second kappa shape index (κ2) is 6.28. The highest BCUT2D eigenvalue weighted by Gasteiger charge is 2.15. The van der Waals surface area contributed by atoms with Gasteiger partial charge in [-0.05, 0) is 12.1 Å². The van der Waals surface area contributed by atoms with E-state index < -0.39 is 12.1 Å². The molecule has 0 bridgehead atoms. The molecule has 7 heteroatoms. The van der Waals surface area contributed by atoms with E-state index in [1.54, 1.807) is 0 Å². The van der Waals surface area contributed by atoms with Crippen LogP contribution < -0.4 is 5.32 Å². The number of rotatable bonds is 4. The Kier molecular flexibility index (Phi) is 5.00. The summed E-state index contributed by atoms with van der Waals surface area (Å²) in [5, 5.41) is 11.4. The lowest BCUT2D eigenvalue weighted by molar-refractivity contribution is 0.0698. The summed E-state index contributed by atoms with van der Waals surface area (Å²) < 4.78 is 4.66. The Hall–Kier alpha value is -1.72. The van der Waals surface area contributed by atoms with E-state index in [0.717, 1.165) is 6.07 Å². The summed E-state index contributed by atoms with van der Waals surface area (Å²) in [6, 6.07) is 2.39. The molecular weight excluding hydrogens is 281 g/mol. The number of carbonyl (C=O) groups excluding carboxylic acids is 1. The van der Waals surface area contributed by atoms with Crippen molar-refractivity contribution in [1.82, 2.24) is 0 Å². The van der Waals surface area contributed by atoms with Gasteiger partial charge in [0.2, 0.25) is 0 Å². The van der Waals surface area contributed by atoms with Crippen LogP contribution in [0.4, 0.5) is 10.5 Å². The number of carboxylic acid groups (broad SMARTS) is 1. The Bertz CT molecular complexity index is 502. The first-order chi connectivity index (χ1) is 8.45. The van der Waals surface area contributed by atoms with E-state index >= 15 is 0 Å². The van der Waals surface area contributed by atoms with E-state index in [1.807, 2.05) is 0 Å². The predicted molar refractivity (Wildman–Crippen MR) is 68.6 cm³/mol. The van der Waals surface area contributed by atoms with Crippen molar-refractivity contribution < 1.29 is 19.4 Å². The van der Waals surface area contributed by atoms with Crippen molar-refractivity contribution in [2.45, 2.75) is 0 Å². The molecular formula is C11H9Cl2NO4. The lowest BCUT2D eigenvalue weighted by Gasteiger charge is -2.09. The first kappa shape index (κ1) is 14.3. The van der Waals surface area contributed by atoms with Gasteiger partial charge < -0.3 is 9.84 Å². The Balaban J connectivity index is 3.00. The van der Waals surface area contributed by atoms with Crippen molar-refractivity contribution in [3.63, 3.8) is 0 Å². The third-order valence-corrected chi connectivity index (χ3v) is 2.58. The molecule has 0 heterocycles. The summed E-state index contributed by atoms with van der Waals surface area (Å²) in [7, 11) is 0. The van der Waals surface area contributed by atoms with Gasteiger partial charge in [-0.15, -0.1) is 0 Å². The van der Waals surface area contributed by atoms with Crippen LogP contribution in [-0.4, -0.2) is 23.8 Å². The van der Waals surface area contributed by atoms with Gasteiger partial charge in [0, 0.05) is 0 Å². The summed E-state index contributed by atoms with van der Waals surface area (Å²) in [6.45, 7) is 3.38. The molecule has 0 aliphatic heterocycles. The van der Waals surface area contributed by atoms with Crippen LogP contribution in [0.3, 0.4) is 0 Å².